The molecule has 3 fully saturated rings. The van der Waals surface area contributed by atoms with E-state index >= 15 is 0 Å². The maximum Gasteiger partial charge on any atom is 0.253 e. The summed E-state index contributed by atoms with van der Waals surface area (Å²) < 4.78 is 10.2. The van der Waals surface area contributed by atoms with E-state index in [1.807, 2.05) is 93.7 Å². The number of carbonyl (C=O) groups is 2. The lowest BCUT2D eigenvalue weighted by Crippen LogP contribution is -2.32. The molecule has 0 bridgehead atoms. The average Bonchev–Trinajstić information content (AvgIpc) is 4.18. The molecule has 0 radical (unpaired) electrons. The number of H-pyrrole nitrogens is 1. The van der Waals surface area contributed by atoms with E-state index in [1.165, 1.54) is 46.1 Å². The Morgan fingerprint density at radius 3 is 2.02 bits per heavy atom. The van der Waals surface area contributed by atoms with Crippen LogP contribution in [0.5, 0.6) is 0 Å². The van der Waals surface area contributed by atoms with Gasteiger partial charge in [-0.1, -0.05) is 48.5 Å². The summed E-state index contributed by atoms with van der Waals surface area (Å²) in [4.78, 5) is 32.3. The summed E-state index contributed by atoms with van der Waals surface area (Å²) >= 11 is 0. The zero-order valence-corrected chi connectivity index (χ0v) is 38.0. The number of nitrogens with one attached hydrogen (secondary N) is 1. The number of amides is 2. The SMILES string of the molecule is O=C(c1ccccc1)N1CCCC(CN2CCc3cc(-c4cn[nH]c4)ccc32)CC1.O=C(c1ccccc1)N1CCCC(Cn2ccc3cc(-c4cnn(C5CCCCO5)c4)ccc32)CC1. The molecule has 0 saturated carbocycles. The number of anilines is 1. The molecule has 0 spiro atoms. The number of fused-ring (bicyclic) bond motifs is 2. The van der Waals surface area contributed by atoms with E-state index in [-0.39, 0.29) is 18.0 Å². The number of likely N-dealkylation sites (tertiary alicyclic amines) is 2. The van der Waals surface area contributed by atoms with Gasteiger partial charge in [-0.3, -0.25) is 14.7 Å². The Hall–Kier alpha value is -6.46. The molecule has 4 aliphatic heterocycles. The molecule has 340 valence electrons. The van der Waals surface area contributed by atoms with Gasteiger partial charge < -0.3 is 24.0 Å². The number of carbonyl (C=O) groups excluding carboxylic acids is 2. The van der Waals surface area contributed by atoms with Crippen molar-refractivity contribution in [3.05, 3.63) is 151 Å². The molecule has 1 N–H and O–H groups in total. The molecule has 0 aliphatic carbocycles. The molecule has 11 heteroatoms. The van der Waals surface area contributed by atoms with E-state index in [0.717, 1.165) is 126 Å². The second kappa shape index (κ2) is 20.4. The monoisotopic (exact) mass is 882 g/mol. The Kier molecular flexibility index (Phi) is 13.4. The van der Waals surface area contributed by atoms with Gasteiger partial charge in [-0.25, -0.2) is 4.68 Å². The lowest BCUT2D eigenvalue weighted by atomic mass is 10.00. The molecule has 4 aliphatic rings. The van der Waals surface area contributed by atoms with Gasteiger partial charge in [0.1, 0.15) is 6.23 Å². The highest BCUT2D eigenvalue weighted by atomic mass is 16.5. The maximum absolute atomic E-state index is 12.9. The van der Waals surface area contributed by atoms with Gasteiger partial charge in [0.05, 0.1) is 12.4 Å². The highest BCUT2D eigenvalue weighted by Crippen LogP contribution is 2.34. The largest absolute Gasteiger partial charge is 0.371 e. The number of benzene rings is 4. The number of hydrogen-bond donors (Lipinski definition) is 1. The minimum atomic E-state index is 0.0656. The van der Waals surface area contributed by atoms with Crippen molar-refractivity contribution in [2.75, 3.05) is 50.8 Å². The van der Waals surface area contributed by atoms with Crippen molar-refractivity contribution in [3.8, 4) is 22.3 Å². The Balaban J connectivity index is 0.000000158. The molecular formula is C55H62N8O3. The molecule has 7 heterocycles. The van der Waals surface area contributed by atoms with Crippen LogP contribution in [0.25, 0.3) is 33.2 Å². The number of aromatic nitrogens is 5. The van der Waals surface area contributed by atoms with Crippen molar-refractivity contribution >= 4 is 28.4 Å². The fraction of sp³-hybridized carbons (Fsp3) is 0.382. The van der Waals surface area contributed by atoms with Crippen molar-refractivity contribution in [1.82, 2.24) is 34.3 Å². The standard InChI is InChI=1S/C30H34N4O2.C25H28N4O/c35-30(24-8-2-1-3-9-24)32-15-6-7-23(13-16-32)21-33-17-14-26-19-25(11-12-28(26)33)27-20-31-34(22-27)29-10-4-5-18-36-29;30-25(20-6-2-1-3-7-20)28-12-4-5-19(10-13-28)18-29-14-11-22-15-21(8-9-24(22)29)23-16-26-27-17-23/h1-3,8-9,11-12,14,17,19-20,22-23,29H,4-7,10,13,15-16,18,21H2;1-3,6-9,15-17,19H,4-5,10-14,18H2,(H,26,27). The van der Waals surface area contributed by atoms with Gasteiger partial charge in [0.15, 0.2) is 0 Å². The van der Waals surface area contributed by atoms with Crippen LogP contribution in [0.3, 0.4) is 0 Å². The third kappa shape index (κ3) is 10.0. The number of aromatic amines is 1. The average molecular weight is 883 g/mol. The zero-order chi connectivity index (χ0) is 44.7. The van der Waals surface area contributed by atoms with Crippen molar-refractivity contribution in [1.29, 1.82) is 0 Å². The van der Waals surface area contributed by atoms with Crippen LogP contribution in [0.2, 0.25) is 0 Å². The van der Waals surface area contributed by atoms with Gasteiger partial charge in [0, 0.05) is 110 Å². The van der Waals surface area contributed by atoms with Crippen LogP contribution in [0.1, 0.15) is 90.3 Å². The summed E-state index contributed by atoms with van der Waals surface area (Å²) in [6, 6.07) is 35.1. The third-order valence-electron chi connectivity index (χ3n) is 14.3. The first-order valence-electron chi connectivity index (χ1n) is 24.3. The highest BCUT2D eigenvalue weighted by Gasteiger charge is 2.27. The smallest absolute Gasteiger partial charge is 0.253 e. The first-order chi connectivity index (χ1) is 32.5. The van der Waals surface area contributed by atoms with E-state index < -0.39 is 0 Å². The van der Waals surface area contributed by atoms with Gasteiger partial charge in [-0.05, 0) is 147 Å². The Bertz CT molecular complexity index is 2690. The summed E-state index contributed by atoms with van der Waals surface area (Å²) in [6.45, 7) is 7.40. The second-order valence-electron chi connectivity index (χ2n) is 18.7. The fourth-order valence-corrected chi connectivity index (χ4v) is 10.6. The lowest BCUT2D eigenvalue weighted by Gasteiger charge is -2.25. The topological polar surface area (TPSA) is 105 Å². The third-order valence-corrected chi connectivity index (χ3v) is 14.3. The van der Waals surface area contributed by atoms with Crippen LogP contribution in [0, 0.1) is 11.8 Å². The molecule has 2 amide bonds. The van der Waals surface area contributed by atoms with Crippen molar-refractivity contribution in [2.24, 2.45) is 11.8 Å². The second-order valence-corrected chi connectivity index (χ2v) is 18.7. The first kappa shape index (κ1) is 43.4. The summed E-state index contributed by atoms with van der Waals surface area (Å²) in [5.41, 5.74) is 10.4. The number of hydrogen-bond acceptors (Lipinski definition) is 6. The molecule has 3 aromatic heterocycles. The predicted octanol–water partition coefficient (Wildman–Crippen LogP) is 10.5. The van der Waals surface area contributed by atoms with Crippen LogP contribution in [-0.2, 0) is 17.7 Å². The minimum Gasteiger partial charge on any atom is -0.371 e. The Morgan fingerprint density at radius 1 is 0.636 bits per heavy atom. The van der Waals surface area contributed by atoms with E-state index in [4.69, 9.17) is 4.74 Å². The Morgan fingerprint density at radius 2 is 1.33 bits per heavy atom. The molecule has 66 heavy (non-hydrogen) atoms. The van der Waals surface area contributed by atoms with E-state index in [9.17, 15) is 9.59 Å². The molecule has 3 atom stereocenters. The van der Waals surface area contributed by atoms with Crippen LogP contribution in [-0.4, -0.2) is 92.0 Å². The molecule has 7 aromatic rings. The van der Waals surface area contributed by atoms with Crippen LogP contribution in [0.4, 0.5) is 5.69 Å². The molecule has 3 unspecified atom stereocenters. The van der Waals surface area contributed by atoms with Crippen LogP contribution in [0.15, 0.2) is 134 Å². The quantitative estimate of drug-likeness (QED) is 0.155. The van der Waals surface area contributed by atoms with Gasteiger partial charge in [-0.15, -0.1) is 0 Å². The van der Waals surface area contributed by atoms with Gasteiger partial charge in [0.2, 0.25) is 0 Å². The molecular weight excluding hydrogens is 821 g/mol. The summed E-state index contributed by atoms with van der Waals surface area (Å²) in [6.07, 6.45) is 21.2. The summed E-state index contributed by atoms with van der Waals surface area (Å²) in [7, 11) is 0. The minimum absolute atomic E-state index is 0.0656. The lowest BCUT2D eigenvalue weighted by molar-refractivity contribution is -0.0394. The zero-order valence-electron chi connectivity index (χ0n) is 38.0. The molecule has 3 saturated heterocycles. The van der Waals surface area contributed by atoms with Gasteiger partial charge in [-0.2, -0.15) is 10.2 Å². The molecule has 11 nitrogen and oxygen atoms in total. The van der Waals surface area contributed by atoms with Crippen molar-refractivity contribution in [2.45, 2.75) is 77.0 Å². The Labute approximate surface area is 388 Å². The predicted molar refractivity (Wildman–Crippen MR) is 261 cm³/mol. The van der Waals surface area contributed by atoms with Gasteiger partial charge >= 0.3 is 0 Å². The maximum atomic E-state index is 12.9. The normalized spacial score (nSPS) is 20.0. The molecule has 11 rings (SSSR count). The number of nitrogens with zero attached hydrogens (tertiary/aromatic N) is 7. The number of ether oxygens (including phenoxy) is 1. The van der Waals surface area contributed by atoms with Gasteiger partial charge in [0.25, 0.3) is 11.8 Å². The van der Waals surface area contributed by atoms with Crippen molar-refractivity contribution < 1.29 is 14.3 Å². The van der Waals surface area contributed by atoms with Crippen LogP contribution < -0.4 is 4.90 Å². The van der Waals surface area contributed by atoms with E-state index in [2.05, 4.69) is 79.6 Å². The van der Waals surface area contributed by atoms with Crippen LogP contribution >= 0.6 is 0 Å². The van der Waals surface area contributed by atoms with Crippen molar-refractivity contribution in [3.63, 3.8) is 0 Å². The summed E-state index contributed by atoms with van der Waals surface area (Å²) in [5, 5.41) is 12.8. The molecule has 4 aromatic carbocycles. The first-order valence-corrected chi connectivity index (χ1v) is 24.3. The fourth-order valence-electron chi connectivity index (χ4n) is 10.6. The van der Waals surface area contributed by atoms with E-state index in [1.54, 1.807) is 0 Å². The van der Waals surface area contributed by atoms with E-state index in [0.29, 0.717) is 11.8 Å². The summed E-state index contributed by atoms with van der Waals surface area (Å²) in [5.74, 6) is 1.55. The highest BCUT2D eigenvalue weighted by molar-refractivity contribution is 5.94. The number of rotatable bonds is 9.